The zero-order valence-electron chi connectivity index (χ0n) is 10.3. The standard InChI is InChI=1S/C13H10FN3O2S/c14-12-4-9(6-15)3-10(5-12)11-7-16-17(8-11)20(18,19)13-1-2-13/h3-5,7-8,13H,1-2H2. The van der Waals surface area contributed by atoms with E-state index in [1.165, 1.54) is 24.5 Å². The topological polar surface area (TPSA) is 75.8 Å². The predicted molar refractivity (Wildman–Crippen MR) is 69.7 cm³/mol. The maximum Gasteiger partial charge on any atom is 0.256 e. The third-order valence-electron chi connectivity index (χ3n) is 3.13. The van der Waals surface area contributed by atoms with Crippen LogP contribution >= 0.6 is 0 Å². The van der Waals surface area contributed by atoms with E-state index in [1.807, 2.05) is 6.07 Å². The van der Waals surface area contributed by atoms with Gasteiger partial charge in [0, 0.05) is 5.56 Å². The van der Waals surface area contributed by atoms with E-state index < -0.39 is 15.8 Å². The summed E-state index contributed by atoms with van der Waals surface area (Å²) in [4.78, 5) is 0. The average molecular weight is 291 g/mol. The smallest absolute Gasteiger partial charge is 0.207 e. The Hall–Kier alpha value is -2.20. The molecule has 102 valence electrons. The van der Waals surface area contributed by atoms with Crippen LogP contribution in [-0.4, -0.2) is 22.9 Å². The molecular weight excluding hydrogens is 281 g/mol. The van der Waals surface area contributed by atoms with Gasteiger partial charge < -0.3 is 0 Å². The van der Waals surface area contributed by atoms with Crippen LogP contribution in [0.15, 0.2) is 30.6 Å². The Labute approximate surface area is 115 Å². The molecule has 20 heavy (non-hydrogen) atoms. The van der Waals surface area contributed by atoms with Crippen LogP contribution in [0.5, 0.6) is 0 Å². The van der Waals surface area contributed by atoms with E-state index in [2.05, 4.69) is 5.10 Å². The first-order chi connectivity index (χ1) is 9.50. The molecular formula is C13H10FN3O2S. The van der Waals surface area contributed by atoms with E-state index >= 15 is 0 Å². The van der Waals surface area contributed by atoms with Crippen molar-refractivity contribution in [1.82, 2.24) is 9.19 Å². The van der Waals surface area contributed by atoms with Crippen molar-refractivity contribution >= 4 is 10.0 Å². The Morgan fingerprint density at radius 3 is 2.70 bits per heavy atom. The first kappa shape index (κ1) is 12.8. The second-order valence-electron chi connectivity index (χ2n) is 4.69. The third-order valence-corrected chi connectivity index (χ3v) is 5.16. The van der Waals surface area contributed by atoms with E-state index in [9.17, 15) is 12.8 Å². The van der Waals surface area contributed by atoms with E-state index in [0.717, 1.165) is 10.2 Å². The number of rotatable bonds is 3. The zero-order chi connectivity index (χ0) is 14.3. The molecule has 0 bridgehead atoms. The molecule has 1 saturated carbocycles. The number of hydrogen-bond donors (Lipinski definition) is 0. The number of nitriles is 1. The molecule has 0 amide bonds. The highest BCUT2D eigenvalue weighted by atomic mass is 32.2. The van der Waals surface area contributed by atoms with Gasteiger partial charge in [-0.2, -0.15) is 14.4 Å². The van der Waals surface area contributed by atoms with Gasteiger partial charge in [0.1, 0.15) is 5.82 Å². The summed E-state index contributed by atoms with van der Waals surface area (Å²) >= 11 is 0. The monoisotopic (exact) mass is 291 g/mol. The van der Waals surface area contributed by atoms with E-state index in [-0.39, 0.29) is 10.8 Å². The van der Waals surface area contributed by atoms with Gasteiger partial charge >= 0.3 is 0 Å². The number of aromatic nitrogens is 2. The summed E-state index contributed by atoms with van der Waals surface area (Å²) in [5.41, 5.74) is 1.07. The summed E-state index contributed by atoms with van der Waals surface area (Å²) in [6.07, 6.45) is 4.01. The molecule has 1 aromatic heterocycles. The number of nitrogens with zero attached hydrogens (tertiary/aromatic N) is 3. The minimum Gasteiger partial charge on any atom is -0.207 e. The Morgan fingerprint density at radius 1 is 1.30 bits per heavy atom. The van der Waals surface area contributed by atoms with Gasteiger partial charge in [0.25, 0.3) is 10.0 Å². The Bertz CT molecular complexity index is 816. The van der Waals surface area contributed by atoms with Crippen molar-refractivity contribution < 1.29 is 12.8 Å². The van der Waals surface area contributed by atoms with Crippen molar-refractivity contribution in [2.24, 2.45) is 0 Å². The molecule has 5 nitrogen and oxygen atoms in total. The second-order valence-corrected chi connectivity index (χ2v) is 6.76. The molecule has 1 aromatic carbocycles. The van der Waals surface area contributed by atoms with Crippen molar-refractivity contribution in [3.63, 3.8) is 0 Å². The molecule has 0 atom stereocenters. The fraction of sp³-hybridized carbons (Fsp3) is 0.231. The van der Waals surface area contributed by atoms with Crippen LogP contribution in [0.3, 0.4) is 0 Å². The summed E-state index contributed by atoms with van der Waals surface area (Å²) in [6.45, 7) is 0. The molecule has 0 saturated heterocycles. The summed E-state index contributed by atoms with van der Waals surface area (Å²) in [7, 11) is -3.43. The van der Waals surface area contributed by atoms with Crippen LogP contribution in [0, 0.1) is 17.1 Å². The van der Waals surface area contributed by atoms with Gasteiger partial charge in [-0.25, -0.2) is 12.8 Å². The largest absolute Gasteiger partial charge is 0.256 e. The van der Waals surface area contributed by atoms with Crippen LogP contribution in [0.4, 0.5) is 4.39 Å². The van der Waals surface area contributed by atoms with E-state index in [0.29, 0.717) is 24.0 Å². The highest BCUT2D eigenvalue weighted by molar-refractivity contribution is 7.90. The maximum atomic E-state index is 13.4. The second kappa shape index (κ2) is 4.42. The molecule has 0 unspecified atom stereocenters. The lowest BCUT2D eigenvalue weighted by atomic mass is 10.1. The number of hydrogen-bond acceptors (Lipinski definition) is 4. The molecule has 1 aliphatic rings. The molecule has 0 radical (unpaired) electrons. The van der Waals surface area contributed by atoms with Gasteiger partial charge in [-0.05, 0) is 36.6 Å². The summed E-state index contributed by atoms with van der Waals surface area (Å²) in [5, 5.41) is 12.3. The normalized spacial score (nSPS) is 15.0. The van der Waals surface area contributed by atoms with Crippen LogP contribution < -0.4 is 0 Å². The summed E-state index contributed by atoms with van der Waals surface area (Å²) in [5.74, 6) is -0.545. The summed E-state index contributed by atoms with van der Waals surface area (Å²) in [6, 6.07) is 5.71. The lowest BCUT2D eigenvalue weighted by Crippen LogP contribution is -2.17. The van der Waals surface area contributed by atoms with E-state index in [4.69, 9.17) is 5.26 Å². The minimum absolute atomic E-state index is 0.179. The first-order valence-corrected chi connectivity index (χ1v) is 7.51. The quantitative estimate of drug-likeness (QED) is 0.865. The van der Waals surface area contributed by atoms with Gasteiger partial charge in [-0.3, -0.25) is 0 Å². The van der Waals surface area contributed by atoms with Crippen molar-refractivity contribution in [2.45, 2.75) is 18.1 Å². The Balaban J connectivity index is 2.02. The van der Waals surface area contributed by atoms with Crippen molar-refractivity contribution in [3.05, 3.63) is 42.0 Å². The predicted octanol–water partition coefficient (Wildman–Crippen LogP) is 1.90. The fourth-order valence-corrected chi connectivity index (χ4v) is 3.41. The molecule has 0 N–H and O–H groups in total. The van der Waals surface area contributed by atoms with Crippen LogP contribution in [0.1, 0.15) is 18.4 Å². The van der Waals surface area contributed by atoms with Gasteiger partial charge in [0.15, 0.2) is 0 Å². The zero-order valence-corrected chi connectivity index (χ0v) is 11.1. The third kappa shape index (κ3) is 2.18. The summed E-state index contributed by atoms with van der Waals surface area (Å²) < 4.78 is 38.3. The Morgan fingerprint density at radius 2 is 2.05 bits per heavy atom. The average Bonchev–Trinajstić information content (AvgIpc) is 3.15. The molecule has 2 aromatic rings. The number of benzene rings is 1. The molecule has 1 aliphatic carbocycles. The molecule has 0 spiro atoms. The highest BCUT2D eigenvalue weighted by Gasteiger charge is 2.37. The SMILES string of the molecule is N#Cc1cc(F)cc(-c2cnn(S(=O)(=O)C3CC3)c2)c1. The van der Waals surface area contributed by atoms with Crippen LogP contribution in [0.25, 0.3) is 11.1 Å². The fourth-order valence-electron chi connectivity index (χ4n) is 1.93. The molecule has 3 rings (SSSR count). The van der Waals surface area contributed by atoms with Crippen LogP contribution in [0.2, 0.25) is 0 Å². The van der Waals surface area contributed by atoms with Crippen molar-refractivity contribution in [3.8, 4) is 17.2 Å². The maximum absolute atomic E-state index is 13.4. The van der Waals surface area contributed by atoms with Gasteiger partial charge in [0.2, 0.25) is 0 Å². The first-order valence-electron chi connectivity index (χ1n) is 6.01. The van der Waals surface area contributed by atoms with Crippen LogP contribution in [-0.2, 0) is 10.0 Å². The van der Waals surface area contributed by atoms with Gasteiger partial charge in [0.05, 0.1) is 29.3 Å². The minimum atomic E-state index is -3.43. The lowest BCUT2D eigenvalue weighted by molar-refractivity contribution is 0.578. The van der Waals surface area contributed by atoms with Gasteiger partial charge in [-0.1, -0.05) is 0 Å². The van der Waals surface area contributed by atoms with Gasteiger partial charge in [-0.15, -0.1) is 0 Å². The van der Waals surface area contributed by atoms with Crippen molar-refractivity contribution in [1.29, 1.82) is 5.26 Å². The van der Waals surface area contributed by atoms with E-state index in [1.54, 1.807) is 0 Å². The highest BCUT2D eigenvalue weighted by Crippen LogP contribution is 2.30. The molecule has 1 fully saturated rings. The number of halogens is 1. The molecule has 0 aliphatic heterocycles. The van der Waals surface area contributed by atoms with Crippen molar-refractivity contribution in [2.75, 3.05) is 0 Å². The molecule has 7 heteroatoms. The molecule has 1 heterocycles. The Kier molecular flexibility index (Phi) is 2.83. The lowest BCUT2D eigenvalue weighted by Gasteiger charge is -2.01.